The van der Waals surface area contributed by atoms with Crippen molar-refractivity contribution < 1.29 is 14.4 Å². The third kappa shape index (κ3) is 2.96. The van der Waals surface area contributed by atoms with Gasteiger partial charge in [0.25, 0.3) is 0 Å². The van der Waals surface area contributed by atoms with E-state index < -0.39 is 13.2 Å². The maximum atomic E-state index is 13.7. The zero-order chi connectivity index (χ0) is 14.9. The minimum Gasteiger partial charge on any atom is -0.391 e. The molecule has 2 aromatic carbocycles. The van der Waals surface area contributed by atoms with Crippen LogP contribution in [0.15, 0.2) is 60.7 Å². The highest BCUT2D eigenvalue weighted by molar-refractivity contribution is 7.78. The van der Waals surface area contributed by atoms with Gasteiger partial charge in [-0.3, -0.25) is 0 Å². The van der Waals surface area contributed by atoms with Crippen LogP contribution in [0, 0.1) is 0 Å². The lowest BCUT2D eigenvalue weighted by Crippen LogP contribution is -2.23. The van der Waals surface area contributed by atoms with Gasteiger partial charge < -0.3 is 14.4 Å². The molecule has 0 radical (unpaired) electrons. The molecule has 0 saturated carbocycles. The lowest BCUT2D eigenvalue weighted by Gasteiger charge is -2.18. The molecule has 3 rings (SSSR count). The van der Waals surface area contributed by atoms with E-state index in [0.29, 0.717) is 6.16 Å². The summed E-state index contributed by atoms with van der Waals surface area (Å²) in [5.41, 5.74) is 0. The minimum absolute atomic E-state index is 0.128. The predicted octanol–water partition coefficient (Wildman–Crippen LogP) is 2.15. The van der Waals surface area contributed by atoms with Gasteiger partial charge in [0.15, 0.2) is 0 Å². The highest BCUT2D eigenvalue weighted by Crippen LogP contribution is 2.48. The number of aliphatic hydroxyl groups is 1. The maximum absolute atomic E-state index is 13.7. The number of aliphatic hydroxyl groups excluding tert-OH is 1. The first kappa shape index (κ1) is 14.5. The van der Waals surface area contributed by atoms with Crippen molar-refractivity contribution >= 4 is 17.8 Å². The Kier molecular flexibility index (Phi) is 3.99. The molecule has 110 valence electrons. The summed E-state index contributed by atoms with van der Waals surface area (Å²) in [6.45, 7) is 1.71. The number of hydrogen-bond acceptors (Lipinski definition) is 3. The normalized spacial score (nSPS) is 22.8. The summed E-state index contributed by atoms with van der Waals surface area (Å²) in [7, 11) is -2.73. The number of ether oxygens (including phenoxy) is 1. The van der Waals surface area contributed by atoms with Gasteiger partial charge in [-0.1, -0.05) is 60.7 Å². The molecule has 1 aliphatic heterocycles. The van der Waals surface area contributed by atoms with Crippen molar-refractivity contribution in [1.29, 1.82) is 0 Å². The molecule has 0 amide bonds. The Bertz CT molecular complexity index is 596. The fourth-order valence-corrected chi connectivity index (χ4v) is 5.51. The first-order valence-electron chi connectivity index (χ1n) is 7.15. The van der Waals surface area contributed by atoms with Crippen molar-refractivity contribution in [1.82, 2.24) is 0 Å². The fourth-order valence-electron chi connectivity index (χ4n) is 2.68. The predicted molar refractivity (Wildman–Crippen MR) is 85.0 cm³/mol. The van der Waals surface area contributed by atoms with Crippen LogP contribution in [0.2, 0.25) is 0 Å². The Morgan fingerprint density at radius 1 is 1.05 bits per heavy atom. The van der Waals surface area contributed by atoms with Gasteiger partial charge in [-0.05, 0) is 6.92 Å². The number of rotatable bonds is 5. The highest BCUT2D eigenvalue weighted by Gasteiger charge is 2.47. The van der Waals surface area contributed by atoms with Gasteiger partial charge in [-0.25, -0.2) is 0 Å². The molecule has 3 nitrogen and oxygen atoms in total. The van der Waals surface area contributed by atoms with Crippen LogP contribution < -0.4 is 10.6 Å². The zero-order valence-electron chi connectivity index (χ0n) is 11.9. The first-order valence-corrected chi connectivity index (χ1v) is 9.04. The first-order chi connectivity index (χ1) is 10.1. The second-order valence-corrected chi connectivity index (χ2v) is 8.35. The van der Waals surface area contributed by atoms with E-state index in [-0.39, 0.29) is 12.2 Å². The van der Waals surface area contributed by atoms with Gasteiger partial charge in [0.05, 0.1) is 12.2 Å². The smallest absolute Gasteiger partial charge is 0.145 e. The van der Waals surface area contributed by atoms with Gasteiger partial charge in [0, 0.05) is 16.8 Å². The lowest BCUT2D eigenvalue weighted by atomic mass is 10.2. The Morgan fingerprint density at radius 3 is 1.90 bits per heavy atom. The molecule has 3 atom stereocenters. The summed E-state index contributed by atoms with van der Waals surface area (Å²) in [6, 6.07) is 19.1. The van der Waals surface area contributed by atoms with Gasteiger partial charge in [-0.15, -0.1) is 0 Å². The van der Waals surface area contributed by atoms with Crippen LogP contribution >= 0.6 is 7.14 Å². The van der Waals surface area contributed by atoms with E-state index in [4.69, 9.17) is 4.74 Å². The number of benzene rings is 2. The van der Waals surface area contributed by atoms with Gasteiger partial charge in [0.2, 0.25) is 0 Å². The summed E-state index contributed by atoms with van der Waals surface area (Å²) in [5.74, 6) is 0. The van der Waals surface area contributed by atoms with Crippen molar-refractivity contribution in [3.05, 3.63) is 60.7 Å². The van der Waals surface area contributed by atoms with Gasteiger partial charge in [-0.2, -0.15) is 0 Å². The van der Waals surface area contributed by atoms with Crippen LogP contribution in [-0.2, 0) is 9.30 Å². The molecule has 1 aliphatic rings. The molecule has 0 aliphatic carbocycles. The van der Waals surface area contributed by atoms with E-state index in [9.17, 15) is 9.67 Å². The largest absolute Gasteiger partial charge is 0.391 e. The maximum Gasteiger partial charge on any atom is 0.145 e. The molecule has 0 unspecified atom stereocenters. The van der Waals surface area contributed by atoms with E-state index in [2.05, 4.69) is 0 Å². The summed E-state index contributed by atoms with van der Waals surface area (Å²) in [4.78, 5) is 0. The number of hydrogen-bond donors (Lipinski definition) is 1. The van der Waals surface area contributed by atoms with Crippen LogP contribution in [0.1, 0.15) is 6.92 Å². The van der Waals surface area contributed by atoms with Crippen molar-refractivity contribution in [2.45, 2.75) is 25.2 Å². The van der Waals surface area contributed by atoms with Gasteiger partial charge >= 0.3 is 0 Å². The zero-order valence-corrected chi connectivity index (χ0v) is 12.8. The Hall–Kier alpha value is -1.41. The summed E-state index contributed by atoms with van der Waals surface area (Å²) in [5, 5.41) is 11.3. The lowest BCUT2D eigenvalue weighted by molar-refractivity contribution is 0.152. The third-order valence-electron chi connectivity index (χ3n) is 3.88. The molecule has 21 heavy (non-hydrogen) atoms. The molecule has 0 bridgehead atoms. The van der Waals surface area contributed by atoms with Crippen molar-refractivity contribution in [2.75, 3.05) is 6.16 Å². The van der Waals surface area contributed by atoms with Crippen molar-refractivity contribution in [3.63, 3.8) is 0 Å². The highest BCUT2D eigenvalue weighted by atomic mass is 31.2. The molecule has 1 saturated heterocycles. The third-order valence-corrected chi connectivity index (χ3v) is 7.02. The SMILES string of the molecule is C[C@H](O)[C@@H]1O[C@H]1CP(=O)(c1ccccc1)c1ccccc1. The van der Waals surface area contributed by atoms with E-state index in [0.717, 1.165) is 10.6 Å². The summed E-state index contributed by atoms with van der Waals surface area (Å²) >= 11 is 0. The van der Waals surface area contributed by atoms with E-state index >= 15 is 0 Å². The van der Waals surface area contributed by atoms with Crippen LogP contribution in [-0.4, -0.2) is 29.6 Å². The van der Waals surface area contributed by atoms with Crippen LogP contribution in [0.3, 0.4) is 0 Å². The Morgan fingerprint density at radius 2 is 1.52 bits per heavy atom. The topological polar surface area (TPSA) is 49.8 Å². The van der Waals surface area contributed by atoms with Crippen LogP contribution in [0.25, 0.3) is 0 Å². The fraction of sp³-hybridized carbons (Fsp3) is 0.294. The molecule has 2 aromatic rings. The molecule has 4 heteroatoms. The van der Waals surface area contributed by atoms with Crippen molar-refractivity contribution in [2.24, 2.45) is 0 Å². The van der Waals surface area contributed by atoms with E-state index in [1.165, 1.54) is 0 Å². The van der Waals surface area contributed by atoms with Crippen LogP contribution in [0.5, 0.6) is 0 Å². The van der Waals surface area contributed by atoms with E-state index in [1.807, 2.05) is 60.7 Å². The molecule has 1 heterocycles. The van der Waals surface area contributed by atoms with Gasteiger partial charge in [0.1, 0.15) is 13.2 Å². The standard InChI is InChI=1S/C17H19O3P/c1-13(18)17-16(20-17)12-21(19,14-8-4-2-5-9-14)15-10-6-3-7-11-15/h2-11,13,16-18H,12H2,1H3/t13-,16-,17-/m0/s1. The average Bonchev–Trinajstić information content (AvgIpc) is 3.28. The average molecular weight is 302 g/mol. The molecule has 0 spiro atoms. The second kappa shape index (κ2) is 5.76. The molecule has 1 N–H and O–H groups in total. The monoisotopic (exact) mass is 302 g/mol. The summed E-state index contributed by atoms with van der Waals surface area (Å²) < 4.78 is 19.2. The molecular weight excluding hydrogens is 283 g/mol. The molecular formula is C17H19O3P. The molecule has 1 fully saturated rings. The number of epoxide rings is 1. The molecule has 0 aromatic heterocycles. The Balaban J connectivity index is 1.95. The second-order valence-electron chi connectivity index (χ2n) is 5.47. The van der Waals surface area contributed by atoms with E-state index in [1.54, 1.807) is 6.92 Å². The van der Waals surface area contributed by atoms with Crippen LogP contribution in [0.4, 0.5) is 0 Å². The Labute approximate surface area is 125 Å². The quantitative estimate of drug-likeness (QED) is 0.680. The summed E-state index contributed by atoms with van der Waals surface area (Å²) in [6.07, 6.45) is -0.395. The minimum atomic E-state index is -2.73. The van der Waals surface area contributed by atoms with Crippen molar-refractivity contribution in [3.8, 4) is 0 Å².